The molecule has 2 heterocycles. The van der Waals surface area contributed by atoms with Gasteiger partial charge in [-0.3, -0.25) is 19.2 Å². The second-order valence-electron chi connectivity index (χ2n) is 7.44. The minimum absolute atomic E-state index is 0.0394. The van der Waals surface area contributed by atoms with Crippen LogP contribution in [0.5, 0.6) is 0 Å². The van der Waals surface area contributed by atoms with Crippen molar-refractivity contribution in [2.45, 2.75) is 0 Å². The number of hydrogen-bond donors (Lipinski definition) is 4. The number of nitrogens with zero attached hydrogens (tertiary/aromatic N) is 3. The van der Waals surface area contributed by atoms with E-state index in [2.05, 4.69) is 48.9 Å². The standard InChI is InChI=1S/C8H4Cl2N2.C8H5ClN2O.C7H6ClNO2.C2Cl2O2.CH3NO/c9-5-1-2-7-6(3-5)8(10)12-4-11-7;9-5-1-2-7-6(3-5)8(12)11-4-10-7;8-4-1-2-6(9)5(3-4)7(10)11;3-1(5)2(4)6;2-1-3/h1-4H;1-4H,(H,10,11,12);1-3H,9H2,(H,10,11);;1H,(H2,2,3). The zero-order chi connectivity index (χ0) is 33.4. The minimum atomic E-state index is -1.14. The first-order valence-electron chi connectivity index (χ1n) is 11.2. The molecule has 44 heavy (non-hydrogen) atoms. The molecule has 18 heteroatoms. The third-order valence-corrected chi connectivity index (χ3v) is 6.00. The molecule has 0 unspecified atom stereocenters. The molecule has 0 atom stereocenters. The number of hydrogen-bond acceptors (Lipinski definition) is 9. The number of carboxylic acid groups (broad SMARTS) is 1. The monoisotopic (exact) mass is 720 g/mol. The summed E-state index contributed by atoms with van der Waals surface area (Å²) in [5, 5.41) is 9.56. The molecule has 230 valence electrons. The van der Waals surface area contributed by atoms with Crippen LogP contribution in [0.2, 0.25) is 20.2 Å². The molecule has 5 rings (SSSR count). The molecule has 0 fully saturated rings. The molecule has 12 nitrogen and oxygen atoms in total. The van der Waals surface area contributed by atoms with Gasteiger partial charge in [0.1, 0.15) is 11.5 Å². The molecule has 5 aromatic rings. The van der Waals surface area contributed by atoms with E-state index in [9.17, 15) is 19.2 Å². The lowest BCUT2D eigenvalue weighted by atomic mass is 10.2. The van der Waals surface area contributed by atoms with Gasteiger partial charge in [0.15, 0.2) is 0 Å². The van der Waals surface area contributed by atoms with Crippen molar-refractivity contribution in [2.75, 3.05) is 5.73 Å². The molecule has 3 aromatic carbocycles. The summed E-state index contributed by atoms with van der Waals surface area (Å²) in [4.78, 5) is 63.4. The Balaban J connectivity index is 0.000000292. The average molecular weight is 723 g/mol. The summed E-state index contributed by atoms with van der Waals surface area (Å²) in [5.41, 5.74) is 11.1. The van der Waals surface area contributed by atoms with Crippen molar-refractivity contribution in [3.8, 4) is 0 Å². The summed E-state index contributed by atoms with van der Waals surface area (Å²) in [5.74, 6) is -1.06. The molecule has 0 saturated heterocycles. The highest BCUT2D eigenvalue weighted by Gasteiger charge is 2.07. The number of halogens is 6. The van der Waals surface area contributed by atoms with Crippen LogP contribution < -0.4 is 17.0 Å². The van der Waals surface area contributed by atoms with E-state index in [1.54, 1.807) is 36.4 Å². The molecule has 0 aliphatic heterocycles. The fourth-order valence-electron chi connectivity index (χ4n) is 2.75. The molecule has 0 saturated carbocycles. The predicted octanol–water partition coefficient (Wildman–Crippen LogP) is 5.75. The van der Waals surface area contributed by atoms with Gasteiger partial charge in [-0.05, 0) is 77.8 Å². The maximum Gasteiger partial charge on any atom is 0.337 e. The van der Waals surface area contributed by atoms with Crippen molar-refractivity contribution in [1.29, 1.82) is 0 Å². The van der Waals surface area contributed by atoms with Crippen LogP contribution >= 0.6 is 69.6 Å². The van der Waals surface area contributed by atoms with Gasteiger partial charge in [0.25, 0.3) is 5.56 Å². The molecule has 0 bridgehead atoms. The van der Waals surface area contributed by atoms with E-state index in [4.69, 9.17) is 62.0 Å². The molecule has 2 aromatic heterocycles. The second-order valence-corrected chi connectivity index (χ2v) is 9.79. The number of amides is 1. The Labute approximate surface area is 277 Å². The van der Waals surface area contributed by atoms with Crippen LogP contribution in [0.25, 0.3) is 21.8 Å². The van der Waals surface area contributed by atoms with Gasteiger partial charge < -0.3 is 21.6 Å². The zero-order valence-corrected chi connectivity index (χ0v) is 26.2. The maximum atomic E-state index is 11.2. The molecule has 6 N–H and O–H groups in total. The van der Waals surface area contributed by atoms with Crippen molar-refractivity contribution < 1.29 is 24.3 Å². The molecule has 0 spiro atoms. The number of nitrogen functional groups attached to an aromatic ring is 1. The number of carboxylic acids is 1. The molecule has 0 aliphatic rings. The summed E-state index contributed by atoms with van der Waals surface area (Å²) in [6.45, 7) is 0. The van der Waals surface area contributed by atoms with Gasteiger partial charge >= 0.3 is 16.5 Å². The number of fused-ring (bicyclic) bond motifs is 2. The van der Waals surface area contributed by atoms with Gasteiger partial charge in [-0.2, -0.15) is 0 Å². The number of benzene rings is 3. The quantitative estimate of drug-likeness (QED) is 0.0569. The van der Waals surface area contributed by atoms with E-state index < -0.39 is 16.5 Å². The van der Waals surface area contributed by atoms with Crippen LogP contribution in [-0.4, -0.2) is 47.9 Å². The highest BCUT2D eigenvalue weighted by atomic mass is 35.5. The Bertz CT molecular complexity index is 1830. The molecule has 0 aliphatic carbocycles. The number of aromatic nitrogens is 4. The van der Waals surface area contributed by atoms with Crippen LogP contribution in [0.3, 0.4) is 0 Å². The van der Waals surface area contributed by atoms with Crippen molar-refractivity contribution >= 4 is 120 Å². The van der Waals surface area contributed by atoms with Crippen LogP contribution in [0.1, 0.15) is 10.4 Å². The summed E-state index contributed by atoms with van der Waals surface area (Å²) in [6, 6.07) is 14.7. The summed E-state index contributed by atoms with van der Waals surface area (Å²) >= 11 is 31.8. The van der Waals surface area contributed by atoms with E-state index in [1.165, 1.54) is 24.8 Å². The van der Waals surface area contributed by atoms with Crippen LogP contribution in [-0.2, 0) is 14.4 Å². The highest BCUT2D eigenvalue weighted by molar-refractivity contribution is 6.97. The van der Waals surface area contributed by atoms with Crippen molar-refractivity contribution in [1.82, 2.24) is 19.9 Å². The van der Waals surface area contributed by atoms with E-state index in [0.29, 0.717) is 31.1 Å². The minimum Gasteiger partial charge on any atom is -0.478 e. The lowest BCUT2D eigenvalue weighted by Gasteiger charge is -1.99. The Hall–Kier alpha value is -4.04. The van der Waals surface area contributed by atoms with E-state index in [1.807, 2.05) is 6.07 Å². The molecular formula is C26H18Cl6N6O6. The number of carbonyl (C=O) groups is 4. The number of aromatic amines is 1. The fourth-order valence-corrected chi connectivity index (χ4v) is 3.46. The van der Waals surface area contributed by atoms with Gasteiger partial charge in [-0.25, -0.2) is 19.7 Å². The predicted molar refractivity (Wildman–Crippen MR) is 172 cm³/mol. The summed E-state index contributed by atoms with van der Waals surface area (Å²) in [7, 11) is 0. The van der Waals surface area contributed by atoms with Gasteiger partial charge in [0.05, 0.1) is 28.3 Å². The normalized spacial score (nSPS) is 9.41. The van der Waals surface area contributed by atoms with Gasteiger partial charge in [0.2, 0.25) is 6.41 Å². The number of aromatic carboxylic acids is 1. The Morgan fingerprint density at radius 1 is 0.773 bits per heavy atom. The van der Waals surface area contributed by atoms with Crippen molar-refractivity contribution in [3.63, 3.8) is 0 Å². The van der Waals surface area contributed by atoms with Gasteiger partial charge in [0, 0.05) is 26.1 Å². The SMILES string of the molecule is Clc1ccc2ncnc(Cl)c2c1.NC=O.Nc1ccc(Cl)cc1C(=O)O.O=C(Cl)C(=O)Cl.O=c1[nH]cnc2ccc(Cl)cc12. The van der Waals surface area contributed by atoms with Crippen molar-refractivity contribution in [2.24, 2.45) is 5.73 Å². The number of nitrogens with two attached hydrogens (primary N) is 2. The Morgan fingerprint density at radius 3 is 1.75 bits per heavy atom. The zero-order valence-electron chi connectivity index (χ0n) is 21.7. The first-order valence-corrected chi connectivity index (χ1v) is 13.5. The van der Waals surface area contributed by atoms with Crippen LogP contribution in [0.15, 0.2) is 72.0 Å². The first kappa shape index (κ1) is 38.0. The summed E-state index contributed by atoms with van der Waals surface area (Å²) < 4.78 is 0. The van der Waals surface area contributed by atoms with E-state index in [-0.39, 0.29) is 23.2 Å². The molecule has 0 radical (unpaired) electrons. The lowest BCUT2D eigenvalue weighted by Crippen LogP contribution is -2.05. The number of H-pyrrole nitrogens is 1. The smallest absolute Gasteiger partial charge is 0.337 e. The van der Waals surface area contributed by atoms with Crippen LogP contribution in [0.4, 0.5) is 5.69 Å². The third-order valence-electron chi connectivity index (χ3n) is 4.55. The number of rotatable bonds is 2. The molecular weight excluding hydrogens is 705 g/mol. The van der Waals surface area contributed by atoms with Gasteiger partial charge in [-0.1, -0.05) is 46.4 Å². The lowest BCUT2D eigenvalue weighted by molar-refractivity contribution is -0.127. The van der Waals surface area contributed by atoms with E-state index in [0.717, 1.165) is 10.9 Å². The fraction of sp³-hybridized carbons (Fsp3) is 0. The first-order chi connectivity index (χ1) is 20.7. The van der Waals surface area contributed by atoms with Crippen LogP contribution in [0, 0.1) is 0 Å². The average Bonchev–Trinajstić information content (AvgIpc) is 2.97. The third kappa shape index (κ3) is 13.1. The number of nitrogens with one attached hydrogen (secondary N) is 1. The highest BCUT2D eigenvalue weighted by Crippen LogP contribution is 2.22. The maximum absolute atomic E-state index is 11.2. The topological polar surface area (TPSA) is 212 Å². The Kier molecular flexibility index (Phi) is 16.6. The summed E-state index contributed by atoms with van der Waals surface area (Å²) in [6.07, 6.45) is 3.05. The Morgan fingerprint density at radius 2 is 1.25 bits per heavy atom. The number of primary amides is 1. The van der Waals surface area contributed by atoms with Gasteiger partial charge in [-0.15, -0.1) is 0 Å². The largest absolute Gasteiger partial charge is 0.478 e. The number of anilines is 1. The van der Waals surface area contributed by atoms with Crippen molar-refractivity contribution in [3.05, 3.63) is 103 Å². The second kappa shape index (κ2) is 19.3. The van der Waals surface area contributed by atoms with E-state index >= 15 is 0 Å². The molecule has 1 amide bonds. The number of carbonyl (C=O) groups excluding carboxylic acids is 3.